The number of hydrogen-bond donors (Lipinski definition) is 1. The van der Waals surface area contributed by atoms with Gasteiger partial charge < -0.3 is 5.32 Å². The highest BCUT2D eigenvalue weighted by Crippen LogP contribution is 2.15. The van der Waals surface area contributed by atoms with Gasteiger partial charge in [0, 0.05) is 17.8 Å². The molecule has 0 saturated carbocycles. The number of benzene rings is 1. The second-order valence-corrected chi connectivity index (χ2v) is 3.24. The summed E-state index contributed by atoms with van der Waals surface area (Å²) in [5.74, 6) is -1.75. The molecule has 0 aromatic heterocycles. The highest BCUT2D eigenvalue weighted by atomic mass is 19.2. The van der Waals surface area contributed by atoms with Crippen molar-refractivity contribution in [3.05, 3.63) is 29.8 Å². The van der Waals surface area contributed by atoms with Gasteiger partial charge in [-0.25, -0.2) is 8.78 Å². The van der Waals surface area contributed by atoms with Crippen molar-refractivity contribution in [2.75, 3.05) is 5.32 Å². The van der Waals surface area contributed by atoms with Gasteiger partial charge in [-0.15, -0.1) is 0 Å². The lowest BCUT2D eigenvalue weighted by Crippen LogP contribution is -2.17. The van der Waals surface area contributed by atoms with Gasteiger partial charge in [0.05, 0.1) is 12.5 Å². The van der Waals surface area contributed by atoms with Gasteiger partial charge in [-0.2, -0.15) is 5.26 Å². The normalized spacial score (nSPS) is 11.9. The Hall–Kier alpha value is -1.63. The summed E-state index contributed by atoms with van der Waals surface area (Å²) in [6, 6.07) is 5.62. The van der Waals surface area contributed by atoms with Gasteiger partial charge in [0.2, 0.25) is 0 Å². The van der Waals surface area contributed by atoms with Crippen LogP contribution in [0, 0.1) is 23.0 Å². The van der Waals surface area contributed by atoms with Crippen LogP contribution in [0.4, 0.5) is 14.5 Å². The average Bonchev–Trinajstić information content (AvgIpc) is 2.23. The first-order valence-corrected chi connectivity index (χ1v) is 4.76. The van der Waals surface area contributed by atoms with Gasteiger partial charge in [-0.05, 0) is 18.6 Å². The van der Waals surface area contributed by atoms with Crippen molar-refractivity contribution in [2.24, 2.45) is 0 Å². The third-order valence-electron chi connectivity index (χ3n) is 2.12. The van der Waals surface area contributed by atoms with E-state index < -0.39 is 11.6 Å². The van der Waals surface area contributed by atoms with E-state index in [4.69, 9.17) is 5.26 Å². The van der Waals surface area contributed by atoms with E-state index in [-0.39, 0.29) is 6.04 Å². The van der Waals surface area contributed by atoms with Gasteiger partial charge in [-0.3, -0.25) is 0 Å². The number of hydrogen-bond acceptors (Lipinski definition) is 2. The second-order valence-electron chi connectivity index (χ2n) is 3.24. The molecule has 80 valence electrons. The minimum absolute atomic E-state index is 0.0279. The predicted molar refractivity (Wildman–Crippen MR) is 54.3 cm³/mol. The minimum Gasteiger partial charge on any atom is -0.381 e. The number of nitrogens with one attached hydrogen (secondary N) is 1. The largest absolute Gasteiger partial charge is 0.381 e. The fourth-order valence-electron chi connectivity index (χ4n) is 1.23. The van der Waals surface area contributed by atoms with Crippen molar-refractivity contribution in [1.82, 2.24) is 0 Å². The summed E-state index contributed by atoms with van der Waals surface area (Å²) in [5.41, 5.74) is 0.496. The molecule has 0 amide bonds. The molecule has 0 aliphatic heterocycles. The first kappa shape index (κ1) is 11.4. The van der Waals surface area contributed by atoms with Crippen LogP contribution in [0.2, 0.25) is 0 Å². The van der Waals surface area contributed by atoms with Crippen molar-refractivity contribution >= 4 is 5.69 Å². The fraction of sp³-hybridized carbons (Fsp3) is 0.364. The standard InChI is InChI=1S/C11H12F2N2/c1-2-8(5-6-14)15-9-3-4-10(12)11(13)7-9/h3-4,7-8,15H,2,5H2,1H3. The van der Waals surface area contributed by atoms with Gasteiger partial charge >= 0.3 is 0 Å². The fourth-order valence-corrected chi connectivity index (χ4v) is 1.23. The lowest BCUT2D eigenvalue weighted by atomic mass is 10.1. The summed E-state index contributed by atoms with van der Waals surface area (Å²) in [5, 5.41) is 11.5. The molecule has 4 heteroatoms. The van der Waals surface area contributed by atoms with Gasteiger partial charge in [0.1, 0.15) is 0 Å². The molecule has 1 rings (SSSR count). The topological polar surface area (TPSA) is 35.8 Å². The van der Waals surface area contributed by atoms with Crippen LogP contribution in [-0.2, 0) is 0 Å². The van der Waals surface area contributed by atoms with E-state index in [1.165, 1.54) is 6.07 Å². The summed E-state index contributed by atoms with van der Waals surface area (Å²) in [7, 11) is 0. The van der Waals surface area contributed by atoms with Crippen LogP contribution in [0.25, 0.3) is 0 Å². The number of rotatable bonds is 4. The highest BCUT2D eigenvalue weighted by molar-refractivity contribution is 5.44. The molecule has 15 heavy (non-hydrogen) atoms. The highest BCUT2D eigenvalue weighted by Gasteiger charge is 2.07. The summed E-state index contributed by atoms with van der Waals surface area (Å²) in [6.45, 7) is 1.93. The molecular weight excluding hydrogens is 198 g/mol. The molecule has 2 nitrogen and oxygen atoms in total. The molecule has 0 spiro atoms. The van der Waals surface area contributed by atoms with Gasteiger partial charge in [0.25, 0.3) is 0 Å². The first-order valence-electron chi connectivity index (χ1n) is 4.76. The van der Waals surface area contributed by atoms with Crippen LogP contribution in [-0.4, -0.2) is 6.04 Å². The lowest BCUT2D eigenvalue weighted by Gasteiger charge is -2.14. The number of anilines is 1. The van der Waals surface area contributed by atoms with Crippen molar-refractivity contribution < 1.29 is 8.78 Å². The predicted octanol–water partition coefficient (Wildman–Crippen LogP) is 3.07. The van der Waals surface area contributed by atoms with E-state index >= 15 is 0 Å². The molecule has 0 bridgehead atoms. The molecule has 0 fully saturated rings. The molecule has 1 N–H and O–H groups in total. The van der Waals surface area contributed by atoms with Crippen molar-refractivity contribution in [3.63, 3.8) is 0 Å². The molecule has 0 radical (unpaired) electrons. The smallest absolute Gasteiger partial charge is 0.160 e. The maximum absolute atomic E-state index is 12.8. The third-order valence-corrected chi connectivity index (χ3v) is 2.12. The van der Waals surface area contributed by atoms with Gasteiger partial charge in [0.15, 0.2) is 11.6 Å². The summed E-state index contributed by atoms with van der Waals surface area (Å²) in [6.07, 6.45) is 1.10. The quantitative estimate of drug-likeness (QED) is 0.828. The van der Waals surface area contributed by atoms with Crippen LogP contribution < -0.4 is 5.32 Å². The SMILES string of the molecule is CCC(CC#N)Nc1ccc(F)c(F)c1. The summed E-state index contributed by atoms with van der Waals surface area (Å²) in [4.78, 5) is 0. The zero-order valence-electron chi connectivity index (χ0n) is 8.43. The third kappa shape index (κ3) is 3.21. The molecule has 1 atom stereocenters. The van der Waals surface area contributed by atoms with Crippen LogP contribution in [0.5, 0.6) is 0 Å². The van der Waals surface area contributed by atoms with Crippen molar-refractivity contribution in [2.45, 2.75) is 25.8 Å². The number of nitrogens with zero attached hydrogens (tertiary/aromatic N) is 1. The van der Waals surface area contributed by atoms with Crippen molar-refractivity contribution in [3.8, 4) is 6.07 Å². The van der Waals surface area contributed by atoms with E-state index in [1.807, 2.05) is 13.0 Å². The Kier molecular flexibility index (Phi) is 4.04. The van der Waals surface area contributed by atoms with E-state index in [9.17, 15) is 8.78 Å². The van der Waals surface area contributed by atoms with E-state index in [0.29, 0.717) is 12.1 Å². The average molecular weight is 210 g/mol. The number of nitriles is 1. The van der Waals surface area contributed by atoms with Crippen LogP contribution in [0.15, 0.2) is 18.2 Å². The minimum atomic E-state index is -0.883. The number of halogens is 2. The Morgan fingerprint density at radius 3 is 2.67 bits per heavy atom. The van der Waals surface area contributed by atoms with Gasteiger partial charge in [-0.1, -0.05) is 6.92 Å². The second kappa shape index (κ2) is 5.30. The van der Waals surface area contributed by atoms with E-state index in [0.717, 1.165) is 18.6 Å². The molecule has 0 aliphatic carbocycles. The summed E-state index contributed by atoms with van der Waals surface area (Å²) >= 11 is 0. The molecule has 0 saturated heterocycles. The molecule has 1 aromatic rings. The maximum Gasteiger partial charge on any atom is 0.160 e. The monoisotopic (exact) mass is 210 g/mol. The van der Waals surface area contributed by atoms with Crippen molar-refractivity contribution in [1.29, 1.82) is 5.26 Å². The van der Waals surface area contributed by atoms with Crippen LogP contribution in [0.1, 0.15) is 19.8 Å². The Balaban J connectivity index is 2.71. The molecular formula is C11H12F2N2. The molecule has 1 unspecified atom stereocenters. The van der Waals surface area contributed by atoms with Crippen LogP contribution >= 0.6 is 0 Å². The Labute approximate surface area is 87.5 Å². The summed E-state index contributed by atoms with van der Waals surface area (Å²) < 4.78 is 25.5. The maximum atomic E-state index is 12.8. The van der Waals surface area contributed by atoms with Crippen LogP contribution in [0.3, 0.4) is 0 Å². The van der Waals surface area contributed by atoms with E-state index in [2.05, 4.69) is 5.32 Å². The zero-order chi connectivity index (χ0) is 11.3. The Morgan fingerprint density at radius 1 is 1.40 bits per heavy atom. The van der Waals surface area contributed by atoms with E-state index in [1.54, 1.807) is 0 Å². The first-order chi connectivity index (χ1) is 7.17. The molecule has 0 heterocycles. The Morgan fingerprint density at radius 2 is 2.13 bits per heavy atom. The zero-order valence-corrected chi connectivity index (χ0v) is 8.43. The molecule has 0 aliphatic rings. The lowest BCUT2D eigenvalue weighted by molar-refractivity contribution is 0.508. The Bertz CT molecular complexity index is 371. The molecule has 1 aromatic carbocycles.